The minimum atomic E-state index is 0.512. The molecule has 0 fully saturated rings. The maximum atomic E-state index is 6.54. The number of halogens is 1. The fraction of sp³-hybridized carbons (Fsp3) is 0.467. The highest BCUT2D eigenvalue weighted by atomic mass is 35.5. The summed E-state index contributed by atoms with van der Waals surface area (Å²) in [4.78, 5) is 1.98. The molecule has 2 aromatic rings. The van der Waals surface area contributed by atoms with Crippen LogP contribution in [0.25, 0.3) is 5.82 Å². The van der Waals surface area contributed by atoms with Crippen molar-refractivity contribution in [3.63, 3.8) is 0 Å². The van der Waals surface area contributed by atoms with Gasteiger partial charge in [0.25, 0.3) is 0 Å². The number of hydrogen-bond acceptors (Lipinski definition) is 3. The summed E-state index contributed by atoms with van der Waals surface area (Å²) in [5, 5.41) is 9.79. The summed E-state index contributed by atoms with van der Waals surface area (Å²) in [7, 11) is 1.95. The second-order valence-electron chi connectivity index (χ2n) is 5.39. The van der Waals surface area contributed by atoms with Gasteiger partial charge in [0.15, 0.2) is 5.82 Å². The number of fused-ring (bicyclic) bond motifs is 1. The zero-order valence-corrected chi connectivity index (χ0v) is 13.1. The van der Waals surface area contributed by atoms with Crippen LogP contribution < -0.4 is 4.90 Å². The van der Waals surface area contributed by atoms with E-state index < -0.39 is 0 Å². The van der Waals surface area contributed by atoms with Gasteiger partial charge in [-0.15, -0.1) is 6.42 Å². The van der Waals surface area contributed by atoms with Crippen LogP contribution in [-0.4, -0.2) is 33.2 Å². The van der Waals surface area contributed by atoms with Gasteiger partial charge in [-0.1, -0.05) is 17.5 Å². The third-order valence-corrected chi connectivity index (χ3v) is 4.21. The smallest absolute Gasteiger partial charge is 0.196 e. The van der Waals surface area contributed by atoms with Crippen LogP contribution in [-0.2, 0) is 13.0 Å². The molecule has 0 atom stereocenters. The highest BCUT2D eigenvalue weighted by Gasteiger charge is 2.23. The van der Waals surface area contributed by atoms with Crippen molar-refractivity contribution < 1.29 is 0 Å². The summed E-state index contributed by atoms with van der Waals surface area (Å²) in [5.74, 6) is 4.28. The van der Waals surface area contributed by atoms with Gasteiger partial charge in [-0.3, -0.25) is 4.68 Å². The maximum absolute atomic E-state index is 6.54. The van der Waals surface area contributed by atoms with Crippen molar-refractivity contribution in [3.8, 4) is 18.2 Å². The summed E-state index contributed by atoms with van der Waals surface area (Å²) in [5.41, 5.74) is 2.16. The van der Waals surface area contributed by atoms with Crippen LogP contribution >= 0.6 is 11.6 Å². The van der Waals surface area contributed by atoms with Crippen molar-refractivity contribution in [1.82, 2.24) is 19.6 Å². The van der Waals surface area contributed by atoms with Gasteiger partial charge < -0.3 is 4.90 Å². The third kappa shape index (κ3) is 2.30. The van der Waals surface area contributed by atoms with Crippen molar-refractivity contribution >= 4 is 17.4 Å². The van der Waals surface area contributed by atoms with Gasteiger partial charge in [0, 0.05) is 19.2 Å². The molecule has 0 saturated heterocycles. The maximum Gasteiger partial charge on any atom is 0.196 e. The summed E-state index contributed by atoms with van der Waals surface area (Å²) in [6.07, 6.45) is 10.5. The van der Waals surface area contributed by atoms with E-state index in [-0.39, 0.29) is 0 Å². The molecule has 2 aromatic heterocycles. The van der Waals surface area contributed by atoms with Gasteiger partial charge in [-0.05, 0) is 26.2 Å². The molecule has 3 rings (SSSR count). The molecule has 0 saturated carbocycles. The highest BCUT2D eigenvalue weighted by Crippen LogP contribution is 2.31. The Kier molecular flexibility index (Phi) is 3.64. The molecule has 1 aliphatic rings. The minimum Gasteiger partial charge on any atom is -0.348 e. The average Bonchev–Trinajstić information content (AvgIpc) is 3.00. The Morgan fingerprint density at radius 1 is 1.48 bits per heavy atom. The van der Waals surface area contributed by atoms with Crippen LogP contribution in [0.1, 0.15) is 24.1 Å². The molecule has 0 unspecified atom stereocenters. The number of aromatic nitrogens is 4. The fourth-order valence-electron chi connectivity index (χ4n) is 2.83. The molecule has 0 aromatic carbocycles. The molecule has 6 heteroatoms. The molecule has 110 valence electrons. The first-order valence-electron chi connectivity index (χ1n) is 7.08. The zero-order valence-electron chi connectivity index (χ0n) is 12.3. The number of terminal acetylenes is 1. The highest BCUT2D eigenvalue weighted by molar-refractivity contribution is 6.32. The first-order valence-corrected chi connectivity index (χ1v) is 7.46. The van der Waals surface area contributed by atoms with Crippen molar-refractivity contribution in [1.29, 1.82) is 0 Å². The van der Waals surface area contributed by atoms with Crippen LogP contribution in [0.2, 0.25) is 5.02 Å². The van der Waals surface area contributed by atoms with Crippen LogP contribution in [0.4, 0.5) is 5.82 Å². The summed E-state index contributed by atoms with van der Waals surface area (Å²) in [6, 6.07) is 0. The molecule has 21 heavy (non-hydrogen) atoms. The Morgan fingerprint density at radius 3 is 3.00 bits per heavy atom. The van der Waals surface area contributed by atoms with E-state index in [1.54, 1.807) is 4.68 Å². The first-order chi connectivity index (χ1) is 10.1. The van der Waals surface area contributed by atoms with E-state index >= 15 is 0 Å². The lowest BCUT2D eigenvalue weighted by Gasteiger charge is -2.18. The lowest BCUT2D eigenvalue weighted by atomic mass is 10.1. The molecule has 3 heterocycles. The van der Waals surface area contributed by atoms with Crippen LogP contribution in [0, 0.1) is 19.3 Å². The molecule has 0 radical (unpaired) electrons. The van der Waals surface area contributed by atoms with E-state index in [4.69, 9.17) is 18.0 Å². The van der Waals surface area contributed by atoms with Gasteiger partial charge in [0.1, 0.15) is 10.8 Å². The first kappa shape index (κ1) is 14.0. The normalized spacial score (nSPS) is 13.8. The quantitative estimate of drug-likeness (QED) is 0.818. The summed E-state index contributed by atoms with van der Waals surface area (Å²) >= 11 is 6.54. The number of aryl methyl sites for hydroxylation is 2. The van der Waals surface area contributed by atoms with Gasteiger partial charge >= 0.3 is 0 Å². The second kappa shape index (κ2) is 5.45. The van der Waals surface area contributed by atoms with Gasteiger partial charge in [0.05, 0.1) is 18.4 Å². The molecular formula is C15H18ClN5. The molecule has 0 spiro atoms. The number of nitrogens with zero attached hydrogens (tertiary/aromatic N) is 5. The number of anilines is 1. The van der Waals surface area contributed by atoms with Crippen molar-refractivity contribution in [2.75, 3.05) is 18.5 Å². The predicted molar refractivity (Wildman–Crippen MR) is 84.1 cm³/mol. The fourth-order valence-corrected chi connectivity index (χ4v) is 3.14. The largest absolute Gasteiger partial charge is 0.348 e. The van der Waals surface area contributed by atoms with Crippen LogP contribution in [0.15, 0.2) is 6.20 Å². The van der Waals surface area contributed by atoms with E-state index in [0.29, 0.717) is 17.4 Å². The molecule has 1 aliphatic heterocycles. The van der Waals surface area contributed by atoms with Gasteiger partial charge in [-0.2, -0.15) is 14.9 Å². The summed E-state index contributed by atoms with van der Waals surface area (Å²) in [6.45, 7) is 3.44. The van der Waals surface area contributed by atoms with E-state index in [2.05, 4.69) is 16.1 Å². The van der Waals surface area contributed by atoms with Crippen LogP contribution in [0.5, 0.6) is 0 Å². The van der Waals surface area contributed by atoms with Gasteiger partial charge in [-0.25, -0.2) is 0 Å². The van der Waals surface area contributed by atoms with E-state index in [1.807, 2.05) is 29.7 Å². The Balaban J connectivity index is 2.10. The number of rotatable bonds is 3. The van der Waals surface area contributed by atoms with Gasteiger partial charge in [0.2, 0.25) is 0 Å². The van der Waals surface area contributed by atoms with Crippen molar-refractivity contribution in [3.05, 3.63) is 22.5 Å². The lowest BCUT2D eigenvalue weighted by molar-refractivity contribution is 0.484. The molecule has 0 N–H and O–H groups in total. The molecule has 0 aliphatic carbocycles. The zero-order chi connectivity index (χ0) is 15.0. The van der Waals surface area contributed by atoms with E-state index in [9.17, 15) is 0 Å². The van der Waals surface area contributed by atoms with Crippen molar-refractivity contribution in [2.45, 2.75) is 32.7 Å². The molecule has 5 nitrogen and oxygen atoms in total. The SMILES string of the molecule is C#CCN(C)c1c(C)cnn1-c1nn2c(c1Cl)CCCC2. The Labute approximate surface area is 129 Å². The lowest BCUT2D eigenvalue weighted by Crippen LogP contribution is -2.21. The van der Waals surface area contributed by atoms with E-state index in [1.165, 1.54) is 0 Å². The predicted octanol–water partition coefficient (Wildman–Crippen LogP) is 2.44. The Morgan fingerprint density at radius 2 is 2.29 bits per heavy atom. The monoisotopic (exact) mass is 303 g/mol. The molecular weight excluding hydrogens is 286 g/mol. The third-order valence-electron chi connectivity index (χ3n) is 3.82. The second-order valence-corrected chi connectivity index (χ2v) is 5.77. The standard InChI is InChI=1S/C15H18ClN5/c1-4-8-19(3)15-11(2)10-17-21(15)14-13(16)12-7-5-6-9-20(12)18-14/h1,10H,5-9H2,2-3H3. The Hall–Kier alpha value is -1.93. The summed E-state index contributed by atoms with van der Waals surface area (Å²) < 4.78 is 3.80. The number of hydrogen-bond donors (Lipinski definition) is 0. The molecule has 0 bridgehead atoms. The Bertz CT molecular complexity index is 706. The van der Waals surface area contributed by atoms with Crippen LogP contribution in [0.3, 0.4) is 0 Å². The topological polar surface area (TPSA) is 38.9 Å². The average molecular weight is 304 g/mol. The van der Waals surface area contributed by atoms with Crippen molar-refractivity contribution in [2.24, 2.45) is 0 Å². The minimum absolute atomic E-state index is 0.512. The van der Waals surface area contributed by atoms with E-state index in [0.717, 1.165) is 42.9 Å². The molecule has 0 amide bonds.